The van der Waals surface area contributed by atoms with Crippen molar-refractivity contribution in [1.82, 2.24) is 9.97 Å². The summed E-state index contributed by atoms with van der Waals surface area (Å²) in [6, 6.07) is 0. The van der Waals surface area contributed by atoms with Crippen molar-refractivity contribution in [2.75, 3.05) is 11.2 Å². The van der Waals surface area contributed by atoms with Crippen LogP contribution in [0.4, 0.5) is 5.95 Å². The second kappa shape index (κ2) is 5.50. The first-order valence-electron chi connectivity index (χ1n) is 5.72. The quantitative estimate of drug-likeness (QED) is 0.365. The zero-order chi connectivity index (χ0) is 11.4. The molecule has 1 aromatic rings. The Bertz CT molecular complexity index is 350. The second-order valence-corrected chi connectivity index (χ2v) is 5.30. The van der Waals surface area contributed by atoms with E-state index in [0.29, 0.717) is 5.95 Å². The summed E-state index contributed by atoms with van der Waals surface area (Å²) in [6.07, 6.45) is 7.35. The minimum absolute atomic E-state index is 0.500. The van der Waals surface area contributed by atoms with Crippen LogP contribution in [0.2, 0.25) is 0 Å². The van der Waals surface area contributed by atoms with Crippen molar-refractivity contribution in [2.45, 2.75) is 37.6 Å². The predicted octanol–water partition coefficient (Wildman–Crippen LogP) is 2.35. The summed E-state index contributed by atoms with van der Waals surface area (Å²) < 4.78 is 0. The molecule has 1 saturated carbocycles. The van der Waals surface area contributed by atoms with E-state index in [-0.39, 0.29) is 0 Å². The van der Waals surface area contributed by atoms with Crippen LogP contribution in [-0.4, -0.2) is 15.7 Å². The van der Waals surface area contributed by atoms with Gasteiger partial charge in [0, 0.05) is 11.9 Å². The maximum atomic E-state index is 5.30. The van der Waals surface area contributed by atoms with Gasteiger partial charge in [-0.15, -0.1) is 11.8 Å². The lowest BCUT2D eigenvalue weighted by Gasteiger charge is -2.09. The zero-order valence-corrected chi connectivity index (χ0v) is 10.4. The lowest BCUT2D eigenvalue weighted by Crippen LogP contribution is -2.11. The van der Waals surface area contributed by atoms with E-state index in [4.69, 9.17) is 5.84 Å². The average Bonchev–Trinajstić information content (AvgIpc) is 2.81. The van der Waals surface area contributed by atoms with Gasteiger partial charge < -0.3 is 0 Å². The van der Waals surface area contributed by atoms with Crippen molar-refractivity contribution in [3.05, 3.63) is 11.8 Å². The van der Waals surface area contributed by atoms with Crippen molar-refractivity contribution in [1.29, 1.82) is 0 Å². The van der Waals surface area contributed by atoms with Crippen molar-refractivity contribution < 1.29 is 0 Å². The number of nitrogens with two attached hydrogens (primary N) is 1. The minimum atomic E-state index is 0.500. The molecule has 1 fully saturated rings. The molecule has 1 aromatic heterocycles. The number of hydrogen-bond acceptors (Lipinski definition) is 5. The van der Waals surface area contributed by atoms with E-state index in [0.717, 1.165) is 16.5 Å². The van der Waals surface area contributed by atoms with Crippen LogP contribution in [0.25, 0.3) is 0 Å². The fourth-order valence-electron chi connectivity index (χ4n) is 2.02. The molecule has 5 heteroatoms. The van der Waals surface area contributed by atoms with Gasteiger partial charge in [0.25, 0.3) is 0 Å². The standard InChI is InChI=1S/C11H18N4S/c1-8-6-13-11(15-12)14-10(8)16-7-9-4-2-3-5-9/h6,9H,2-5,7,12H2,1H3,(H,13,14,15). The van der Waals surface area contributed by atoms with Crippen LogP contribution in [0, 0.1) is 12.8 Å². The van der Waals surface area contributed by atoms with Gasteiger partial charge in [0.15, 0.2) is 0 Å². The van der Waals surface area contributed by atoms with Gasteiger partial charge in [0.05, 0.1) is 0 Å². The lowest BCUT2D eigenvalue weighted by atomic mass is 10.1. The number of nitrogen functional groups attached to an aromatic ring is 1. The first-order chi connectivity index (χ1) is 7.79. The largest absolute Gasteiger partial charge is 0.292 e. The van der Waals surface area contributed by atoms with Gasteiger partial charge in [0.1, 0.15) is 5.03 Å². The van der Waals surface area contributed by atoms with E-state index < -0.39 is 0 Å². The molecule has 0 saturated heterocycles. The number of anilines is 1. The Morgan fingerprint density at radius 3 is 2.94 bits per heavy atom. The molecule has 3 N–H and O–H groups in total. The summed E-state index contributed by atoms with van der Waals surface area (Å²) in [5.41, 5.74) is 3.61. The third kappa shape index (κ3) is 2.86. The molecule has 4 nitrogen and oxygen atoms in total. The monoisotopic (exact) mass is 238 g/mol. The van der Waals surface area contributed by atoms with Crippen molar-refractivity contribution in [3.63, 3.8) is 0 Å². The van der Waals surface area contributed by atoms with E-state index >= 15 is 0 Å². The molecule has 1 aliphatic rings. The minimum Gasteiger partial charge on any atom is -0.292 e. The molecule has 0 aliphatic heterocycles. The highest BCUT2D eigenvalue weighted by atomic mass is 32.2. The maximum Gasteiger partial charge on any atom is 0.238 e. The molecule has 0 bridgehead atoms. The molecule has 2 rings (SSSR count). The Kier molecular flexibility index (Phi) is 4.01. The Labute approximate surface area is 100 Å². The van der Waals surface area contributed by atoms with Crippen LogP contribution < -0.4 is 11.3 Å². The predicted molar refractivity (Wildman–Crippen MR) is 67.3 cm³/mol. The first-order valence-corrected chi connectivity index (χ1v) is 6.71. The molecule has 0 radical (unpaired) electrons. The Balaban J connectivity index is 1.96. The molecule has 0 atom stereocenters. The van der Waals surface area contributed by atoms with Gasteiger partial charge in [-0.25, -0.2) is 15.8 Å². The van der Waals surface area contributed by atoms with E-state index in [9.17, 15) is 0 Å². The third-order valence-electron chi connectivity index (χ3n) is 2.98. The molecule has 0 unspecified atom stereocenters. The number of thioether (sulfide) groups is 1. The number of nitrogens with zero attached hydrogens (tertiary/aromatic N) is 2. The Hall–Kier alpha value is -0.810. The molecule has 88 valence electrons. The molecule has 16 heavy (non-hydrogen) atoms. The van der Waals surface area contributed by atoms with Gasteiger partial charge in [0.2, 0.25) is 5.95 Å². The molecule has 0 spiro atoms. The molecular weight excluding hydrogens is 220 g/mol. The Morgan fingerprint density at radius 2 is 2.25 bits per heavy atom. The maximum absolute atomic E-state index is 5.30. The van der Waals surface area contributed by atoms with Crippen molar-refractivity contribution >= 4 is 17.7 Å². The molecular formula is C11H18N4S. The third-order valence-corrected chi connectivity index (χ3v) is 4.31. The summed E-state index contributed by atoms with van der Waals surface area (Å²) in [7, 11) is 0. The number of rotatable bonds is 4. The summed E-state index contributed by atoms with van der Waals surface area (Å²) in [4.78, 5) is 8.44. The molecule has 1 heterocycles. The highest BCUT2D eigenvalue weighted by molar-refractivity contribution is 7.99. The highest BCUT2D eigenvalue weighted by Gasteiger charge is 2.16. The highest BCUT2D eigenvalue weighted by Crippen LogP contribution is 2.31. The smallest absolute Gasteiger partial charge is 0.238 e. The van der Waals surface area contributed by atoms with Crippen LogP contribution in [0.15, 0.2) is 11.2 Å². The summed E-state index contributed by atoms with van der Waals surface area (Å²) in [5.74, 6) is 7.84. The fourth-order valence-corrected chi connectivity index (χ4v) is 3.17. The fraction of sp³-hybridized carbons (Fsp3) is 0.636. The van der Waals surface area contributed by atoms with E-state index in [2.05, 4.69) is 15.4 Å². The van der Waals surface area contributed by atoms with Crippen molar-refractivity contribution in [2.24, 2.45) is 11.8 Å². The molecule has 0 amide bonds. The van der Waals surface area contributed by atoms with E-state index in [1.54, 1.807) is 0 Å². The number of nitrogens with one attached hydrogen (secondary N) is 1. The van der Waals surface area contributed by atoms with Crippen LogP contribution in [0.3, 0.4) is 0 Å². The topological polar surface area (TPSA) is 63.8 Å². The number of aryl methyl sites for hydroxylation is 1. The molecule has 1 aliphatic carbocycles. The normalized spacial score (nSPS) is 16.6. The summed E-state index contributed by atoms with van der Waals surface area (Å²) in [6.45, 7) is 2.04. The van der Waals surface area contributed by atoms with Crippen molar-refractivity contribution in [3.8, 4) is 0 Å². The van der Waals surface area contributed by atoms with Crippen LogP contribution in [-0.2, 0) is 0 Å². The SMILES string of the molecule is Cc1cnc(NN)nc1SCC1CCCC1. The van der Waals surface area contributed by atoms with Gasteiger partial charge in [-0.3, -0.25) is 5.43 Å². The lowest BCUT2D eigenvalue weighted by molar-refractivity contribution is 0.622. The van der Waals surface area contributed by atoms with Gasteiger partial charge in [-0.05, 0) is 31.2 Å². The molecule has 0 aromatic carbocycles. The van der Waals surface area contributed by atoms with Gasteiger partial charge >= 0.3 is 0 Å². The van der Waals surface area contributed by atoms with Gasteiger partial charge in [-0.1, -0.05) is 12.8 Å². The summed E-state index contributed by atoms with van der Waals surface area (Å²) in [5, 5.41) is 1.05. The van der Waals surface area contributed by atoms with E-state index in [1.165, 1.54) is 31.4 Å². The zero-order valence-electron chi connectivity index (χ0n) is 9.57. The van der Waals surface area contributed by atoms with Crippen LogP contribution >= 0.6 is 11.8 Å². The Morgan fingerprint density at radius 1 is 1.50 bits per heavy atom. The van der Waals surface area contributed by atoms with Gasteiger partial charge in [-0.2, -0.15) is 0 Å². The average molecular weight is 238 g/mol. The number of hydrazine groups is 1. The second-order valence-electron chi connectivity index (χ2n) is 4.29. The number of hydrogen-bond donors (Lipinski definition) is 2. The summed E-state index contributed by atoms with van der Waals surface area (Å²) >= 11 is 1.83. The number of aromatic nitrogens is 2. The van der Waals surface area contributed by atoms with Crippen LogP contribution in [0.5, 0.6) is 0 Å². The first kappa shape index (κ1) is 11.7. The van der Waals surface area contributed by atoms with Crippen LogP contribution in [0.1, 0.15) is 31.2 Å². The van der Waals surface area contributed by atoms with E-state index in [1.807, 2.05) is 24.9 Å².